The highest BCUT2D eigenvalue weighted by atomic mass is 32.2. The van der Waals surface area contributed by atoms with E-state index in [4.69, 9.17) is 4.55 Å². The Morgan fingerprint density at radius 1 is 1.20 bits per heavy atom. The predicted molar refractivity (Wildman–Crippen MR) is 45.1 cm³/mol. The number of hydrogen-bond donors (Lipinski definition) is 5. The minimum absolute atomic E-state index is 1.16. The number of aliphatic hydroxyl groups is 4. The second-order valence-corrected chi connectivity index (χ2v) is 4.89. The molecule has 1 aliphatic rings. The van der Waals surface area contributed by atoms with E-state index in [0.717, 1.165) is 6.92 Å². The molecule has 0 amide bonds. The van der Waals surface area contributed by atoms with Gasteiger partial charge in [-0.15, -0.1) is 0 Å². The molecule has 90 valence electrons. The maximum atomic E-state index is 10.7. The van der Waals surface area contributed by atoms with Crippen molar-refractivity contribution < 1.29 is 38.1 Å². The fourth-order valence-electron chi connectivity index (χ4n) is 1.30. The first-order valence-corrected chi connectivity index (χ1v) is 5.46. The van der Waals surface area contributed by atoms with E-state index in [2.05, 4.69) is 4.74 Å². The van der Waals surface area contributed by atoms with Crippen molar-refractivity contribution in [3.8, 4) is 0 Å². The van der Waals surface area contributed by atoms with Gasteiger partial charge in [-0.3, -0.25) is 4.55 Å². The zero-order chi connectivity index (χ0) is 12.0. The largest absolute Gasteiger partial charge is 0.388 e. The molecule has 1 saturated heterocycles. The lowest BCUT2D eigenvalue weighted by Crippen LogP contribution is -2.66. The van der Waals surface area contributed by atoms with Crippen LogP contribution < -0.4 is 0 Å². The van der Waals surface area contributed by atoms with Gasteiger partial charge in [0.2, 0.25) is 0 Å². The highest BCUT2D eigenvalue weighted by molar-refractivity contribution is 7.86. The molecule has 5 N–H and O–H groups in total. The van der Waals surface area contributed by atoms with Crippen LogP contribution in [0.15, 0.2) is 0 Å². The molecule has 0 unspecified atom stereocenters. The third-order valence-corrected chi connectivity index (χ3v) is 3.33. The maximum absolute atomic E-state index is 10.7. The van der Waals surface area contributed by atoms with E-state index >= 15 is 0 Å². The van der Waals surface area contributed by atoms with Crippen molar-refractivity contribution in [2.75, 3.05) is 0 Å². The quantitative estimate of drug-likeness (QED) is 0.307. The summed E-state index contributed by atoms with van der Waals surface area (Å²) < 4.78 is 34.5. The molecule has 1 aliphatic heterocycles. The average molecular weight is 244 g/mol. The maximum Gasteiger partial charge on any atom is 0.327 e. The van der Waals surface area contributed by atoms with Crippen molar-refractivity contribution in [2.24, 2.45) is 0 Å². The summed E-state index contributed by atoms with van der Waals surface area (Å²) in [6, 6.07) is 0. The van der Waals surface area contributed by atoms with E-state index < -0.39 is 39.7 Å². The SMILES string of the molecule is C[C@H]1O[C@](O)(S(=O)(=O)O)[C@H](O)[C@@H](O)[C@@H]1O. The Hall–Kier alpha value is -0.290. The molecule has 8 nitrogen and oxygen atoms in total. The van der Waals surface area contributed by atoms with Gasteiger partial charge in [-0.1, -0.05) is 0 Å². The molecule has 0 aliphatic carbocycles. The van der Waals surface area contributed by atoms with Crippen molar-refractivity contribution in [3.05, 3.63) is 0 Å². The zero-order valence-corrected chi connectivity index (χ0v) is 8.49. The summed E-state index contributed by atoms with van der Waals surface area (Å²) >= 11 is 0. The Morgan fingerprint density at radius 3 is 2.07 bits per heavy atom. The molecule has 0 bridgehead atoms. The van der Waals surface area contributed by atoms with Crippen LogP contribution in [-0.4, -0.2) is 62.9 Å². The van der Waals surface area contributed by atoms with Gasteiger partial charge in [0.05, 0.1) is 6.10 Å². The fraction of sp³-hybridized carbons (Fsp3) is 1.00. The molecule has 1 heterocycles. The summed E-state index contributed by atoms with van der Waals surface area (Å²) in [5, 5.41) is 33.6. The van der Waals surface area contributed by atoms with E-state index in [1.165, 1.54) is 0 Å². The van der Waals surface area contributed by atoms with Gasteiger partial charge in [0.15, 0.2) is 6.10 Å². The minimum Gasteiger partial charge on any atom is -0.388 e. The molecule has 1 fully saturated rings. The topological polar surface area (TPSA) is 145 Å². The van der Waals surface area contributed by atoms with Crippen LogP contribution in [0.2, 0.25) is 0 Å². The van der Waals surface area contributed by atoms with Crippen molar-refractivity contribution in [1.29, 1.82) is 0 Å². The molecule has 9 heteroatoms. The molecule has 0 aromatic heterocycles. The van der Waals surface area contributed by atoms with Crippen molar-refractivity contribution >= 4 is 10.1 Å². The van der Waals surface area contributed by atoms with Crippen LogP contribution >= 0.6 is 0 Å². The Balaban J connectivity index is 3.13. The summed E-state index contributed by atoms with van der Waals surface area (Å²) in [7, 11) is -5.15. The number of hydrogen-bond acceptors (Lipinski definition) is 7. The molecule has 5 atom stereocenters. The molecule has 1 rings (SSSR count). The van der Waals surface area contributed by atoms with E-state index in [9.17, 15) is 28.8 Å². The monoisotopic (exact) mass is 244 g/mol. The van der Waals surface area contributed by atoms with Crippen molar-refractivity contribution in [3.63, 3.8) is 0 Å². The summed E-state index contributed by atoms with van der Waals surface area (Å²) in [6.07, 6.45) is -7.14. The van der Waals surface area contributed by atoms with Crippen LogP contribution in [0.4, 0.5) is 0 Å². The van der Waals surface area contributed by atoms with Gasteiger partial charge in [0, 0.05) is 0 Å². The molecular weight excluding hydrogens is 232 g/mol. The molecule has 0 spiro atoms. The molecular formula is C6H12O8S. The van der Waals surface area contributed by atoms with Crippen molar-refractivity contribution in [1.82, 2.24) is 0 Å². The summed E-state index contributed by atoms with van der Waals surface area (Å²) in [6.45, 7) is 1.16. The normalized spacial score (nSPS) is 47.9. The smallest absolute Gasteiger partial charge is 0.327 e. The Morgan fingerprint density at radius 2 is 1.67 bits per heavy atom. The second kappa shape index (κ2) is 3.63. The van der Waals surface area contributed by atoms with E-state index in [0.29, 0.717) is 0 Å². The lowest BCUT2D eigenvalue weighted by atomic mass is 10.00. The van der Waals surface area contributed by atoms with E-state index in [1.54, 1.807) is 0 Å². The first-order chi connectivity index (χ1) is 6.61. The third kappa shape index (κ3) is 1.87. The first-order valence-electron chi connectivity index (χ1n) is 4.02. The minimum atomic E-state index is -5.15. The zero-order valence-electron chi connectivity index (χ0n) is 7.68. The molecule has 15 heavy (non-hydrogen) atoms. The highest BCUT2D eigenvalue weighted by Gasteiger charge is 2.59. The van der Waals surface area contributed by atoms with Crippen LogP contribution in [0.3, 0.4) is 0 Å². The fourth-order valence-corrected chi connectivity index (χ4v) is 2.02. The van der Waals surface area contributed by atoms with E-state index in [1.807, 2.05) is 0 Å². The molecule has 0 radical (unpaired) electrons. The number of aliphatic hydroxyl groups excluding tert-OH is 3. The molecule has 0 aromatic rings. The predicted octanol–water partition coefficient (Wildman–Crippen LogP) is -2.98. The Labute approximate surface area is 85.5 Å². The summed E-state index contributed by atoms with van der Waals surface area (Å²) in [4.78, 5) is 0. The lowest BCUT2D eigenvalue weighted by Gasteiger charge is -2.42. The summed E-state index contributed by atoms with van der Waals surface area (Å²) in [5.41, 5.74) is 0. The average Bonchev–Trinajstić information content (AvgIpc) is 2.10. The Kier molecular flexibility index (Phi) is 3.09. The van der Waals surface area contributed by atoms with Gasteiger partial charge in [0.1, 0.15) is 12.2 Å². The van der Waals surface area contributed by atoms with Crippen LogP contribution in [0, 0.1) is 0 Å². The van der Waals surface area contributed by atoms with Gasteiger partial charge >= 0.3 is 15.2 Å². The van der Waals surface area contributed by atoms with Gasteiger partial charge in [0.25, 0.3) is 0 Å². The van der Waals surface area contributed by atoms with Crippen LogP contribution in [0.25, 0.3) is 0 Å². The first kappa shape index (κ1) is 12.8. The molecule has 0 aromatic carbocycles. The van der Waals surface area contributed by atoms with Gasteiger partial charge in [-0.25, -0.2) is 0 Å². The third-order valence-electron chi connectivity index (χ3n) is 2.25. The summed E-state index contributed by atoms with van der Waals surface area (Å²) in [5.74, 6) is 0. The van der Waals surface area contributed by atoms with Crippen LogP contribution in [-0.2, 0) is 14.9 Å². The molecule has 0 saturated carbocycles. The van der Waals surface area contributed by atoms with Crippen LogP contribution in [0.5, 0.6) is 0 Å². The van der Waals surface area contributed by atoms with Gasteiger partial charge in [-0.2, -0.15) is 8.42 Å². The standard InChI is InChI=1S/C6H12O8S/c1-2-3(7)4(8)5(9)6(10,14-2)15(11,12)13/h2-5,7-10H,1H3,(H,11,12,13)/t2-,3-,4+,5-,6+/m1/s1. The highest BCUT2D eigenvalue weighted by Crippen LogP contribution is 2.31. The van der Waals surface area contributed by atoms with Crippen molar-refractivity contribution in [2.45, 2.75) is 36.5 Å². The van der Waals surface area contributed by atoms with Crippen LogP contribution in [0.1, 0.15) is 6.92 Å². The second-order valence-electron chi connectivity index (χ2n) is 3.35. The lowest BCUT2D eigenvalue weighted by molar-refractivity contribution is -0.303. The number of rotatable bonds is 1. The number of ether oxygens (including phenoxy) is 1. The Bertz CT molecular complexity index is 339. The van der Waals surface area contributed by atoms with Gasteiger partial charge < -0.3 is 25.2 Å². The van der Waals surface area contributed by atoms with Gasteiger partial charge in [-0.05, 0) is 6.92 Å². The van der Waals surface area contributed by atoms with E-state index in [-0.39, 0.29) is 0 Å².